The van der Waals surface area contributed by atoms with Crippen molar-refractivity contribution >= 4 is 35.8 Å². The number of rotatable bonds is 8. The Bertz CT molecular complexity index is 609. The van der Waals surface area contributed by atoms with Gasteiger partial charge in [-0.05, 0) is 50.4 Å². The predicted molar refractivity (Wildman–Crippen MR) is 133 cm³/mol. The standard InChI is InChI=1S/C22H38N6.HI/c1-3-23-22(25-11-6-9-19-7-4-5-8-19)26-18-20-10-12-24-21(17-20)28-15-13-27(2)14-16-28;/h10,12,17,19H,3-9,11,13-16,18H2,1-2H3,(H2,23,25,26);1H. The summed E-state index contributed by atoms with van der Waals surface area (Å²) in [6.45, 7) is 8.97. The number of aromatic nitrogens is 1. The highest BCUT2D eigenvalue weighted by molar-refractivity contribution is 14.0. The van der Waals surface area contributed by atoms with Crippen LogP contribution in [0.5, 0.6) is 0 Å². The molecule has 1 aliphatic carbocycles. The van der Waals surface area contributed by atoms with Crippen LogP contribution in [0.2, 0.25) is 0 Å². The third-order valence-corrected chi connectivity index (χ3v) is 5.96. The number of pyridine rings is 1. The molecule has 1 saturated carbocycles. The van der Waals surface area contributed by atoms with Crippen molar-refractivity contribution in [2.24, 2.45) is 10.9 Å². The van der Waals surface area contributed by atoms with Crippen LogP contribution in [0.3, 0.4) is 0 Å². The molecule has 164 valence electrons. The highest BCUT2D eigenvalue weighted by Crippen LogP contribution is 2.28. The Morgan fingerprint density at radius 3 is 2.66 bits per heavy atom. The minimum absolute atomic E-state index is 0. The van der Waals surface area contributed by atoms with Gasteiger partial charge in [0.05, 0.1) is 6.54 Å². The number of hydrogen-bond acceptors (Lipinski definition) is 4. The van der Waals surface area contributed by atoms with Crippen molar-refractivity contribution in [1.82, 2.24) is 20.5 Å². The van der Waals surface area contributed by atoms with Crippen LogP contribution in [-0.2, 0) is 6.54 Å². The van der Waals surface area contributed by atoms with E-state index in [-0.39, 0.29) is 24.0 Å². The Labute approximate surface area is 194 Å². The van der Waals surface area contributed by atoms with Gasteiger partial charge in [0.2, 0.25) is 0 Å². The van der Waals surface area contributed by atoms with E-state index in [1.807, 2.05) is 6.20 Å². The molecule has 0 amide bonds. The molecule has 0 bridgehead atoms. The minimum Gasteiger partial charge on any atom is -0.357 e. The minimum atomic E-state index is 0. The Balaban J connectivity index is 0.00000300. The summed E-state index contributed by atoms with van der Waals surface area (Å²) in [4.78, 5) is 14.1. The number of nitrogens with one attached hydrogen (secondary N) is 2. The Hall–Kier alpha value is -1.09. The summed E-state index contributed by atoms with van der Waals surface area (Å²) >= 11 is 0. The van der Waals surface area contributed by atoms with Gasteiger partial charge in [-0.3, -0.25) is 0 Å². The molecule has 1 aromatic rings. The maximum Gasteiger partial charge on any atom is 0.191 e. The Morgan fingerprint density at radius 2 is 1.93 bits per heavy atom. The lowest BCUT2D eigenvalue weighted by Crippen LogP contribution is -2.44. The first-order chi connectivity index (χ1) is 13.7. The Kier molecular flexibility index (Phi) is 11.1. The van der Waals surface area contributed by atoms with Crippen LogP contribution in [0.25, 0.3) is 0 Å². The summed E-state index contributed by atoms with van der Waals surface area (Å²) in [7, 11) is 2.18. The molecule has 7 heteroatoms. The largest absolute Gasteiger partial charge is 0.357 e. The van der Waals surface area contributed by atoms with Crippen LogP contribution in [0.1, 0.15) is 51.0 Å². The lowest BCUT2D eigenvalue weighted by Gasteiger charge is -2.33. The molecule has 2 fully saturated rings. The quantitative estimate of drug-likeness (QED) is 0.241. The van der Waals surface area contributed by atoms with E-state index in [0.717, 1.165) is 57.0 Å². The molecule has 2 aliphatic rings. The first kappa shape index (κ1) is 24.2. The molecule has 2 heterocycles. The number of aliphatic imine (C=N–C) groups is 1. The zero-order valence-electron chi connectivity index (χ0n) is 18.2. The van der Waals surface area contributed by atoms with Crippen LogP contribution >= 0.6 is 24.0 Å². The van der Waals surface area contributed by atoms with Gasteiger partial charge < -0.3 is 20.4 Å². The van der Waals surface area contributed by atoms with Gasteiger partial charge in [0.25, 0.3) is 0 Å². The fraction of sp³-hybridized carbons (Fsp3) is 0.727. The van der Waals surface area contributed by atoms with Crippen LogP contribution in [0, 0.1) is 5.92 Å². The average molecular weight is 515 g/mol. The molecular weight excluding hydrogens is 475 g/mol. The molecule has 1 aromatic heterocycles. The van der Waals surface area contributed by atoms with E-state index in [1.54, 1.807) is 0 Å². The van der Waals surface area contributed by atoms with Gasteiger partial charge in [0.15, 0.2) is 5.96 Å². The monoisotopic (exact) mass is 514 g/mol. The van der Waals surface area contributed by atoms with Crippen molar-refractivity contribution in [3.05, 3.63) is 23.9 Å². The topological polar surface area (TPSA) is 55.8 Å². The van der Waals surface area contributed by atoms with Crippen molar-refractivity contribution in [1.29, 1.82) is 0 Å². The zero-order chi connectivity index (χ0) is 19.6. The van der Waals surface area contributed by atoms with Crippen molar-refractivity contribution in [2.45, 2.75) is 52.0 Å². The number of piperazine rings is 1. The number of guanidine groups is 1. The SMILES string of the molecule is CCNC(=NCc1ccnc(N2CCN(C)CC2)c1)NCCCC1CCCC1.I. The van der Waals surface area contributed by atoms with E-state index in [9.17, 15) is 0 Å². The Morgan fingerprint density at radius 1 is 1.17 bits per heavy atom. The molecule has 0 atom stereocenters. The highest BCUT2D eigenvalue weighted by Gasteiger charge is 2.16. The summed E-state index contributed by atoms with van der Waals surface area (Å²) in [5.74, 6) is 2.97. The third-order valence-electron chi connectivity index (χ3n) is 5.96. The smallest absolute Gasteiger partial charge is 0.191 e. The molecule has 0 unspecified atom stereocenters. The molecule has 1 aliphatic heterocycles. The molecule has 3 rings (SSSR count). The molecule has 0 aromatic carbocycles. The average Bonchev–Trinajstić information content (AvgIpc) is 3.23. The van der Waals surface area contributed by atoms with Crippen LogP contribution in [-0.4, -0.2) is 62.2 Å². The molecule has 1 saturated heterocycles. The van der Waals surface area contributed by atoms with E-state index >= 15 is 0 Å². The molecule has 29 heavy (non-hydrogen) atoms. The van der Waals surface area contributed by atoms with Crippen LogP contribution < -0.4 is 15.5 Å². The first-order valence-electron chi connectivity index (χ1n) is 11.1. The maximum atomic E-state index is 4.79. The van der Waals surface area contributed by atoms with Crippen molar-refractivity contribution < 1.29 is 0 Å². The lowest BCUT2D eigenvalue weighted by atomic mass is 10.0. The normalized spacial score (nSPS) is 18.6. The second-order valence-corrected chi connectivity index (χ2v) is 8.23. The maximum absolute atomic E-state index is 4.79. The number of halogens is 1. The zero-order valence-corrected chi connectivity index (χ0v) is 20.5. The molecule has 0 spiro atoms. The van der Waals surface area contributed by atoms with Gasteiger partial charge in [-0.25, -0.2) is 9.98 Å². The van der Waals surface area contributed by atoms with Crippen LogP contribution in [0.4, 0.5) is 5.82 Å². The van der Waals surface area contributed by atoms with Crippen molar-refractivity contribution in [3.63, 3.8) is 0 Å². The number of likely N-dealkylation sites (N-methyl/N-ethyl adjacent to an activating group) is 1. The fourth-order valence-corrected chi connectivity index (χ4v) is 4.18. The third kappa shape index (κ3) is 8.28. The second kappa shape index (κ2) is 13.3. The summed E-state index contributed by atoms with van der Waals surface area (Å²) in [6, 6.07) is 4.27. The summed E-state index contributed by atoms with van der Waals surface area (Å²) in [5, 5.41) is 6.88. The molecule has 2 N–H and O–H groups in total. The van der Waals surface area contributed by atoms with E-state index in [4.69, 9.17) is 4.99 Å². The predicted octanol–water partition coefficient (Wildman–Crippen LogP) is 3.48. The van der Waals surface area contributed by atoms with E-state index in [2.05, 4.69) is 51.5 Å². The van der Waals surface area contributed by atoms with Gasteiger partial charge >= 0.3 is 0 Å². The molecule has 0 radical (unpaired) electrons. The molecule has 6 nitrogen and oxygen atoms in total. The fourth-order valence-electron chi connectivity index (χ4n) is 4.18. The first-order valence-corrected chi connectivity index (χ1v) is 11.1. The van der Waals surface area contributed by atoms with E-state index in [1.165, 1.54) is 44.1 Å². The van der Waals surface area contributed by atoms with Gasteiger partial charge in [0, 0.05) is 45.5 Å². The van der Waals surface area contributed by atoms with Crippen molar-refractivity contribution in [2.75, 3.05) is 51.2 Å². The lowest BCUT2D eigenvalue weighted by molar-refractivity contribution is 0.312. The van der Waals surface area contributed by atoms with Crippen molar-refractivity contribution in [3.8, 4) is 0 Å². The van der Waals surface area contributed by atoms with Gasteiger partial charge in [-0.15, -0.1) is 24.0 Å². The van der Waals surface area contributed by atoms with Gasteiger partial charge in [-0.2, -0.15) is 0 Å². The second-order valence-electron chi connectivity index (χ2n) is 8.23. The number of anilines is 1. The number of hydrogen-bond donors (Lipinski definition) is 2. The van der Waals surface area contributed by atoms with E-state index in [0.29, 0.717) is 6.54 Å². The van der Waals surface area contributed by atoms with Crippen LogP contribution in [0.15, 0.2) is 23.3 Å². The summed E-state index contributed by atoms with van der Waals surface area (Å²) in [5.41, 5.74) is 1.21. The van der Waals surface area contributed by atoms with Gasteiger partial charge in [-0.1, -0.05) is 25.7 Å². The molecular formula is C22H39IN6. The highest BCUT2D eigenvalue weighted by atomic mass is 127. The summed E-state index contributed by atoms with van der Waals surface area (Å²) in [6.07, 6.45) is 10.2. The van der Waals surface area contributed by atoms with Gasteiger partial charge in [0.1, 0.15) is 5.82 Å². The van der Waals surface area contributed by atoms with E-state index < -0.39 is 0 Å². The number of nitrogens with zero attached hydrogens (tertiary/aromatic N) is 4. The summed E-state index contributed by atoms with van der Waals surface area (Å²) < 4.78 is 0.